The molecule has 204 valence electrons. The van der Waals surface area contributed by atoms with E-state index in [4.69, 9.17) is 9.47 Å². The van der Waals surface area contributed by atoms with E-state index >= 15 is 0 Å². The van der Waals surface area contributed by atoms with E-state index in [-0.39, 0.29) is 17.5 Å². The van der Waals surface area contributed by atoms with Crippen LogP contribution < -0.4 is 15.6 Å². The Kier molecular flexibility index (Phi) is 9.31. The number of aromatic nitrogens is 2. The molecule has 1 amide bonds. The number of ether oxygens (including phenoxy) is 2. The molecule has 0 aromatic carbocycles. The number of alkyl halides is 2. The number of amides is 1. The third kappa shape index (κ3) is 7.81. The number of hydrogen-bond acceptors (Lipinski definition) is 7. The number of pyridine rings is 1. The first-order valence-electron chi connectivity index (χ1n) is 12.9. The number of fused-ring (bicyclic) bond motifs is 1. The molecule has 2 aromatic rings. The van der Waals surface area contributed by atoms with Gasteiger partial charge in [-0.25, -0.2) is 13.8 Å². The zero-order valence-corrected chi connectivity index (χ0v) is 22.3. The maximum atomic E-state index is 13.1. The maximum absolute atomic E-state index is 13.1. The average Bonchev–Trinajstić information content (AvgIpc) is 3.28. The number of carbonyl (C=O) groups is 1. The zero-order chi connectivity index (χ0) is 26.4. The van der Waals surface area contributed by atoms with Crippen molar-refractivity contribution in [3.63, 3.8) is 0 Å². The largest absolute Gasteiger partial charge is 0.464 e. The molecule has 0 atom stereocenters. The Hall–Kier alpha value is -2.37. The van der Waals surface area contributed by atoms with Gasteiger partial charge in [0.25, 0.3) is 22.6 Å². The van der Waals surface area contributed by atoms with Gasteiger partial charge in [-0.05, 0) is 57.1 Å². The van der Waals surface area contributed by atoms with Crippen LogP contribution in [0.4, 0.5) is 8.78 Å². The van der Waals surface area contributed by atoms with Crippen LogP contribution >= 0.6 is 11.3 Å². The molecule has 1 aliphatic heterocycles. The van der Waals surface area contributed by atoms with E-state index in [9.17, 15) is 18.4 Å². The average molecular weight is 539 g/mol. The lowest BCUT2D eigenvalue weighted by Crippen LogP contribution is -2.40. The Morgan fingerprint density at radius 2 is 2.03 bits per heavy atom. The molecule has 4 rings (SSSR count). The van der Waals surface area contributed by atoms with Crippen molar-refractivity contribution in [2.75, 3.05) is 33.4 Å². The number of carbonyl (C=O) groups excluding carboxylic acids is 1. The highest BCUT2D eigenvalue weighted by Gasteiger charge is 2.27. The number of nitrogens with one attached hydrogen (secondary N) is 1. The minimum absolute atomic E-state index is 0.108. The van der Waals surface area contributed by atoms with Crippen molar-refractivity contribution < 1.29 is 23.0 Å². The van der Waals surface area contributed by atoms with Crippen molar-refractivity contribution in [1.82, 2.24) is 19.8 Å². The summed E-state index contributed by atoms with van der Waals surface area (Å²) in [4.78, 5) is 33.0. The van der Waals surface area contributed by atoms with Crippen molar-refractivity contribution >= 4 is 17.2 Å². The molecule has 1 N–H and O–H groups in total. The molecule has 11 heteroatoms. The highest BCUT2D eigenvalue weighted by atomic mass is 32.1. The van der Waals surface area contributed by atoms with E-state index in [0.717, 1.165) is 75.7 Å². The monoisotopic (exact) mass is 538 g/mol. The van der Waals surface area contributed by atoms with Crippen LogP contribution in [0.25, 0.3) is 0 Å². The molecule has 8 nitrogen and oxygen atoms in total. The second kappa shape index (κ2) is 12.4. The summed E-state index contributed by atoms with van der Waals surface area (Å²) >= 11 is 1.38. The van der Waals surface area contributed by atoms with Gasteiger partial charge in [-0.1, -0.05) is 17.4 Å². The highest BCUT2D eigenvalue weighted by Crippen LogP contribution is 2.32. The first kappa shape index (κ1) is 27.7. The Morgan fingerprint density at radius 1 is 1.24 bits per heavy atom. The molecule has 0 radical (unpaired) electrons. The van der Waals surface area contributed by atoms with Crippen molar-refractivity contribution in [1.29, 1.82) is 0 Å². The lowest BCUT2D eigenvalue weighted by Gasteiger charge is -2.32. The summed E-state index contributed by atoms with van der Waals surface area (Å²) in [5.41, 5.74) is 1.11. The van der Waals surface area contributed by atoms with Crippen LogP contribution in [-0.4, -0.2) is 65.7 Å². The lowest BCUT2D eigenvalue weighted by molar-refractivity contribution is -0.0230. The molecule has 1 fully saturated rings. The minimum atomic E-state index is -2.87. The van der Waals surface area contributed by atoms with Gasteiger partial charge < -0.3 is 19.4 Å². The maximum Gasteiger partial charge on any atom is 0.278 e. The normalized spacial score (nSPS) is 20.4. The number of methoxy groups -OCH3 is 1. The van der Waals surface area contributed by atoms with Crippen LogP contribution in [0, 0.1) is 5.92 Å². The molecular formula is C26H36F2N4O4S. The van der Waals surface area contributed by atoms with Gasteiger partial charge in [-0.3, -0.25) is 14.5 Å². The Morgan fingerprint density at radius 3 is 2.76 bits per heavy atom. The van der Waals surface area contributed by atoms with Crippen LogP contribution in [0.1, 0.15) is 60.1 Å². The number of thiazole rings is 1. The second-order valence-electron chi connectivity index (χ2n) is 10.1. The molecule has 1 aliphatic carbocycles. The van der Waals surface area contributed by atoms with E-state index in [0.29, 0.717) is 30.0 Å². The lowest BCUT2D eigenvalue weighted by atomic mass is 9.84. The smallest absolute Gasteiger partial charge is 0.278 e. The summed E-state index contributed by atoms with van der Waals surface area (Å²) in [6, 6.07) is 4.86. The number of nitrogens with zero attached hydrogens (tertiary/aromatic N) is 3. The molecule has 0 unspecified atom stereocenters. The van der Waals surface area contributed by atoms with Gasteiger partial charge in [0.05, 0.1) is 12.3 Å². The van der Waals surface area contributed by atoms with Crippen LogP contribution in [0.5, 0.6) is 5.19 Å². The molecule has 0 bridgehead atoms. The molecule has 37 heavy (non-hydrogen) atoms. The van der Waals surface area contributed by atoms with Gasteiger partial charge in [0.2, 0.25) is 0 Å². The Balaban J connectivity index is 1.20. The van der Waals surface area contributed by atoms with Crippen molar-refractivity contribution in [3.05, 3.63) is 44.8 Å². The van der Waals surface area contributed by atoms with Gasteiger partial charge in [-0.15, -0.1) is 0 Å². The van der Waals surface area contributed by atoms with Gasteiger partial charge in [0.15, 0.2) is 6.61 Å². The van der Waals surface area contributed by atoms with Crippen molar-refractivity contribution in [3.8, 4) is 5.19 Å². The number of halogens is 2. The molecular weight excluding hydrogens is 502 g/mol. The van der Waals surface area contributed by atoms with Crippen LogP contribution in [0.2, 0.25) is 0 Å². The van der Waals surface area contributed by atoms with Gasteiger partial charge in [0.1, 0.15) is 5.69 Å². The van der Waals surface area contributed by atoms with Crippen LogP contribution in [-0.2, 0) is 24.2 Å². The van der Waals surface area contributed by atoms with Gasteiger partial charge >= 0.3 is 0 Å². The first-order chi connectivity index (χ1) is 17.7. The minimum Gasteiger partial charge on any atom is -0.464 e. The molecule has 3 heterocycles. The van der Waals surface area contributed by atoms with Crippen LogP contribution in [0.3, 0.4) is 0 Å². The fourth-order valence-corrected chi connectivity index (χ4v) is 5.93. The van der Waals surface area contributed by atoms with E-state index in [1.807, 2.05) is 0 Å². The third-order valence-corrected chi connectivity index (χ3v) is 8.14. The van der Waals surface area contributed by atoms with E-state index < -0.39 is 12.5 Å². The first-order valence-corrected chi connectivity index (χ1v) is 13.7. The van der Waals surface area contributed by atoms with E-state index in [2.05, 4.69) is 15.2 Å². The zero-order valence-electron chi connectivity index (χ0n) is 21.5. The quantitative estimate of drug-likeness (QED) is 0.470. The standard InChI is InChI=1S/C26H36F2N4O4S/c1-26(27,28)17-36-25-30-20-16-31(13-11-22(20)37-25)12-10-18-6-8-19(9-7-18)29-24(34)21-4-3-5-23(33)32(21)14-15-35-2/h3-5,18-19H,6-17H2,1-2H3,(H,29,34)/t18-,19-. The van der Waals surface area contributed by atoms with E-state index in [1.54, 1.807) is 19.2 Å². The molecule has 2 aromatic heterocycles. The second-order valence-corrected chi connectivity index (χ2v) is 11.2. The molecule has 2 aliphatic rings. The summed E-state index contributed by atoms with van der Waals surface area (Å²) in [6.45, 7) is 3.53. The summed E-state index contributed by atoms with van der Waals surface area (Å²) in [5, 5.41) is 3.46. The summed E-state index contributed by atoms with van der Waals surface area (Å²) < 4.78 is 37.9. The van der Waals surface area contributed by atoms with Crippen molar-refractivity contribution in [2.45, 2.75) is 70.5 Å². The predicted molar refractivity (Wildman–Crippen MR) is 138 cm³/mol. The topological polar surface area (TPSA) is 85.7 Å². The number of rotatable bonds is 11. The molecule has 0 saturated heterocycles. The van der Waals surface area contributed by atoms with Crippen LogP contribution in [0.15, 0.2) is 23.0 Å². The summed E-state index contributed by atoms with van der Waals surface area (Å²) in [6.07, 6.45) is 5.90. The molecule has 1 saturated carbocycles. The highest BCUT2D eigenvalue weighted by molar-refractivity contribution is 7.13. The fourth-order valence-electron chi connectivity index (χ4n) is 5.02. The third-order valence-electron chi connectivity index (χ3n) is 7.07. The van der Waals surface area contributed by atoms with Gasteiger partial charge in [0, 0.05) is 50.7 Å². The van der Waals surface area contributed by atoms with E-state index in [1.165, 1.54) is 22.0 Å². The Labute approximate surface area is 220 Å². The van der Waals surface area contributed by atoms with Crippen molar-refractivity contribution in [2.24, 2.45) is 5.92 Å². The molecule has 0 spiro atoms. The SMILES string of the molecule is COCCn1c(C(=O)N[C@H]2CC[C@H](CCN3CCc4sc(OCC(C)(F)F)nc4C3)CC2)cccc1=O. The Bertz CT molecular complexity index is 1110. The summed E-state index contributed by atoms with van der Waals surface area (Å²) in [7, 11) is 1.57. The number of hydrogen-bond donors (Lipinski definition) is 1. The predicted octanol–water partition coefficient (Wildman–Crippen LogP) is 3.72. The fraction of sp³-hybridized carbons (Fsp3) is 0.654. The summed E-state index contributed by atoms with van der Waals surface area (Å²) in [5.74, 6) is -2.48. The van der Waals surface area contributed by atoms with Gasteiger partial charge in [-0.2, -0.15) is 0 Å².